The van der Waals surface area contributed by atoms with Crippen molar-refractivity contribution in [3.8, 4) is 11.3 Å². The van der Waals surface area contributed by atoms with Gasteiger partial charge < -0.3 is 14.1 Å². The summed E-state index contributed by atoms with van der Waals surface area (Å²) >= 11 is 3.43. The van der Waals surface area contributed by atoms with Crippen LogP contribution in [-0.2, 0) is 16.1 Å². The van der Waals surface area contributed by atoms with Gasteiger partial charge in [-0.1, -0.05) is 28.1 Å². The minimum atomic E-state index is 0.113. The van der Waals surface area contributed by atoms with Crippen molar-refractivity contribution in [2.24, 2.45) is 0 Å². The number of ether oxygens (including phenoxy) is 1. The molecule has 1 fully saturated rings. The molecule has 1 saturated heterocycles. The van der Waals surface area contributed by atoms with Gasteiger partial charge in [-0.3, -0.25) is 9.69 Å². The zero-order valence-electron chi connectivity index (χ0n) is 14.6. The smallest absolute Gasteiger partial charge is 0.236 e. The van der Waals surface area contributed by atoms with Crippen LogP contribution in [0.15, 0.2) is 45.3 Å². The topological polar surface area (TPSA) is 45.9 Å². The quantitative estimate of drug-likeness (QED) is 0.763. The number of furan rings is 1. The van der Waals surface area contributed by atoms with Crippen LogP contribution >= 0.6 is 15.9 Å². The van der Waals surface area contributed by atoms with Crippen molar-refractivity contribution in [3.05, 3.63) is 46.6 Å². The van der Waals surface area contributed by atoms with E-state index in [-0.39, 0.29) is 12.0 Å². The highest BCUT2D eigenvalue weighted by Crippen LogP contribution is 2.24. The molecule has 25 heavy (non-hydrogen) atoms. The summed E-state index contributed by atoms with van der Waals surface area (Å²) in [6, 6.07) is 11.9. The first-order valence-electron chi connectivity index (χ1n) is 8.44. The molecule has 3 rings (SSSR count). The molecule has 1 aliphatic heterocycles. The summed E-state index contributed by atoms with van der Waals surface area (Å²) in [5.41, 5.74) is 1.04. The normalized spacial score (nSPS) is 17.9. The van der Waals surface area contributed by atoms with Gasteiger partial charge in [0.25, 0.3) is 0 Å². The van der Waals surface area contributed by atoms with Crippen LogP contribution in [0, 0.1) is 0 Å². The third kappa shape index (κ3) is 4.93. The van der Waals surface area contributed by atoms with Gasteiger partial charge in [-0.15, -0.1) is 0 Å². The van der Waals surface area contributed by atoms with Crippen molar-refractivity contribution < 1.29 is 13.9 Å². The number of morpholine rings is 1. The Bertz CT molecular complexity index is 714. The second-order valence-electron chi connectivity index (χ2n) is 6.47. The van der Waals surface area contributed by atoms with Crippen molar-refractivity contribution in [2.75, 3.05) is 33.3 Å². The van der Waals surface area contributed by atoms with Crippen molar-refractivity contribution in [3.63, 3.8) is 0 Å². The fraction of sp³-hybridized carbons (Fsp3) is 0.421. The van der Waals surface area contributed by atoms with Gasteiger partial charge in [0.1, 0.15) is 11.5 Å². The lowest BCUT2D eigenvalue weighted by atomic mass is 10.2. The lowest BCUT2D eigenvalue weighted by molar-refractivity contribution is -0.139. The van der Waals surface area contributed by atoms with E-state index in [9.17, 15) is 4.79 Å². The van der Waals surface area contributed by atoms with E-state index in [4.69, 9.17) is 9.15 Å². The summed E-state index contributed by atoms with van der Waals surface area (Å²) in [6.07, 6.45) is 0.113. The molecule has 0 spiro atoms. The summed E-state index contributed by atoms with van der Waals surface area (Å²) in [7, 11) is 1.93. The van der Waals surface area contributed by atoms with E-state index < -0.39 is 0 Å². The fourth-order valence-corrected chi connectivity index (χ4v) is 3.19. The van der Waals surface area contributed by atoms with E-state index in [0.717, 1.165) is 21.6 Å². The monoisotopic (exact) mass is 406 g/mol. The number of likely N-dealkylation sites (N-methyl/N-ethyl adjacent to an activating group) is 1. The summed E-state index contributed by atoms with van der Waals surface area (Å²) in [5, 5.41) is 0. The zero-order chi connectivity index (χ0) is 17.8. The summed E-state index contributed by atoms with van der Waals surface area (Å²) in [6.45, 7) is 4.93. The summed E-state index contributed by atoms with van der Waals surface area (Å²) in [4.78, 5) is 16.3. The molecule has 2 heterocycles. The molecular formula is C19H23BrN2O3. The standard InChI is InChI=1S/C19H23BrN2O3/c1-14-11-22(9-10-24-14)19(23)13-21(2)12-17-7-8-18(25-17)15-3-5-16(20)6-4-15/h3-8,14H,9-13H2,1-2H3/t14-/m1/s1. The van der Waals surface area contributed by atoms with Crippen molar-refractivity contribution >= 4 is 21.8 Å². The molecule has 0 unspecified atom stereocenters. The highest BCUT2D eigenvalue weighted by atomic mass is 79.9. The maximum Gasteiger partial charge on any atom is 0.236 e. The number of benzene rings is 1. The average molecular weight is 407 g/mol. The van der Waals surface area contributed by atoms with Gasteiger partial charge in [-0.25, -0.2) is 0 Å². The highest BCUT2D eigenvalue weighted by Gasteiger charge is 2.22. The van der Waals surface area contributed by atoms with Crippen LogP contribution in [0.3, 0.4) is 0 Å². The molecule has 1 atom stereocenters. The molecule has 134 valence electrons. The van der Waals surface area contributed by atoms with Crippen LogP contribution in [-0.4, -0.2) is 55.1 Å². The second-order valence-corrected chi connectivity index (χ2v) is 7.38. The highest BCUT2D eigenvalue weighted by molar-refractivity contribution is 9.10. The first kappa shape index (κ1) is 18.2. The average Bonchev–Trinajstić information content (AvgIpc) is 3.03. The van der Waals surface area contributed by atoms with Gasteiger partial charge in [0.15, 0.2) is 0 Å². The lowest BCUT2D eigenvalue weighted by Crippen LogP contribution is -2.47. The number of nitrogens with zero attached hydrogens (tertiary/aromatic N) is 2. The van der Waals surface area contributed by atoms with Crippen LogP contribution < -0.4 is 0 Å². The van der Waals surface area contributed by atoms with Gasteiger partial charge in [0.2, 0.25) is 5.91 Å². The Labute approximate surface area is 156 Å². The van der Waals surface area contributed by atoms with E-state index in [1.165, 1.54) is 0 Å². The van der Waals surface area contributed by atoms with Crippen molar-refractivity contribution in [2.45, 2.75) is 19.6 Å². The maximum absolute atomic E-state index is 12.4. The predicted octanol–water partition coefficient (Wildman–Crippen LogP) is 3.39. The Morgan fingerprint density at radius 2 is 2.04 bits per heavy atom. The van der Waals surface area contributed by atoms with E-state index in [1.807, 2.05) is 60.2 Å². The molecule has 0 aliphatic carbocycles. The number of hydrogen-bond donors (Lipinski definition) is 0. The molecular weight excluding hydrogens is 384 g/mol. The minimum Gasteiger partial charge on any atom is -0.460 e. The number of hydrogen-bond acceptors (Lipinski definition) is 4. The maximum atomic E-state index is 12.4. The SMILES string of the molecule is C[C@@H]1CN(C(=O)CN(C)Cc2ccc(-c3ccc(Br)cc3)o2)CCO1. The van der Waals surface area contributed by atoms with Gasteiger partial charge in [0, 0.05) is 23.1 Å². The predicted molar refractivity (Wildman–Crippen MR) is 100 cm³/mol. The van der Waals surface area contributed by atoms with Crippen LogP contribution in [0.4, 0.5) is 0 Å². The van der Waals surface area contributed by atoms with E-state index in [1.54, 1.807) is 0 Å². The summed E-state index contributed by atoms with van der Waals surface area (Å²) in [5.74, 6) is 1.82. The number of rotatable bonds is 5. The van der Waals surface area contributed by atoms with Crippen LogP contribution in [0.2, 0.25) is 0 Å². The van der Waals surface area contributed by atoms with E-state index in [2.05, 4.69) is 15.9 Å². The largest absolute Gasteiger partial charge is 0.460 e. The van der Waals surface area contributed by atoms with Crippen molar-refractivity contribution in [1.29, 1.82) is 0 Å². The number of amides is 1. The number of halogens is 1. The molecule has 1 aromatic carbocycles. The van der Waals surface area contributed by atoms with Gasteiger partial charge in [-0.05, 0) is 38.2 Å². The van der Waals surface area contributed by atoms with Gasteiger partial charge in [-0.2, -0.15) is 0 Å². The molecule has 2 aromatic rings. The Morgan fingerprint density at radius 1 is 1.28 bits per heavy atom. The summed E-state index contributed by atoms with van der Waals surface area (Å²) < 4.78 is 12.4. The molecule has 1 aliphatic rings. The third-order valence-corrected chi connectivity index (χ3v) is 4.74. The second kappa shape index (κ2) is 8.17. The Kier molecular flexibility index (Phi) is 5.93. The number of carbonyl (C=O) groups excluding carboxylic acids is 1. The molecule has 6 heteroatoms. The lowest BCUT2D eigenvalue weighted by Gasteiger charge is -2.32. The Morgan fingerprint density at radius 3 is 2.76 bits per heavy atom. The van der Waals surface area contributed by atoms with E-state index >= 15 is 0 Å². The molecule has 0 bridgehead atoms. The van der Waals surface area contributed by atoms with E-state index in [0.29, 0.717) is 32.8 Å². The molecule has 5 nitrogen and oxygen atoms in total. The third-order valence-electron chi connectivity index (χ3n) is 4.22. The zero-order valence-corrected chi connectivity index (χ0v) is 16.2. The first-order valence-corrected chi connectivity index (χ1v) is 9.23. The fourth-order valence-electron chi connectivity index (χ4n) is 2.93. The van der Waals surface area contributed by atoms with Gasteiger partial charge >= 0.3 is 0 Å². The van der Waals surface area contributed by atoms with Crippen molar-refractivity contribution in [1.82, 2.24) is 9.80 Å². The molecule has 1 amide bonds. The Balaban J connectivity index is 1.55. The first-order chi connectivity index (χ1) is 12.0. The minimum absolute atomic E-state index is 0.113. The molecule has 0 radical (unpaired) electrons. The molecule has 1 aromatic heterocycles. The van der Waals surface area contributed by atoms with Crippen LogP contribution in [0.25, 0.3) is 11.3 Å². The van der Waals surface area contributed by atoms with Crippen LogP contribution in [0.5, 0.6) is 0 Å². The molecule has 0 N–H and O–H groups in total. The number of carbonyl (C=O) groups is 1. The Hall–Kier alpha value is -1.63. The molecule has 0 saturated carbocycles. The van der Waals surface area contributed by atoms with Gasteiger partial charge in [0.05, 0.1) is 25.8 Å². The van der Waals surface area contributed by atoms with Crippen LogP contribution in [0.1, 0.15) is 12.7 Å².